The van der Waals surface area contributed by atoms with Crippen molar-refractivity contribution in [1.82, 2.24) is 9.78 Å². The molecule has 0 saturated carbocycles. The molecular weight excluding hydrogens is 204 g/mol. The average Bonchev–Trinajstić information content (AvgIpc) is 2.18. The first-order valence-electron chi connectivity index (χ1n) is 4.23. The van der Waals surface area contributed by atoms with Crippen molar-refractivity contribution in [1.29, 1.82) is 0 Å². The Morgan fingerprint density at radius 2 is 2.14 bits per heavy atom. The van der Waals surface area contributed by atoms with Gasteiger partial charge in [-0.2, -0.15) is 12.6 Å². The second-order valence-electron chi connectivity index (χ2n) is 2.64. The summed E-state index contributed by atoms with van der Waals surface area (Å²) >= 11 is 3.97. The molecule has 0 aromatic carbocycles. The topological polar surface area (TPSA) is 64.1 Å². The zero-order valence-corrected chi connectivity index (χ0v) is 8.50. The summed E-state index contributed by atoms with van der Waals surface area (Å²) in [6.45, 7) is 1.28. The number of rotatable bonds is 5. The highest BCUT2D eigenvalue weighted by Crippen LogP contribution is 1.80. The number of aromatic amines is 1. The Morgan fingerprint density at radius 1 is 1.36 bits per heavy atom. The highest BCUT2D eigenvalue weighted by atomic mass is 32.1. The minimum absolute atomic E-state index is 0.237. The molecule has 0 unspecified atom stereocenters. The second kappa shape index (κ2) is 5.66. The zero-order valence-electron chi connectivity index (χ0n) is 7.60. The summed E-state index contributed by atoms with van der Waals surface area (Å²) in [7, 11) is 0. The number of nitrogens with zero attached hydrogens (tertiary/aromatic N) is 1. The number of hydrogen-bond acceptors (Lipinski definition) is 4. The van der Waals surface area contributed by atoms with Crippen LogP contribution in [0.1, 0.15) is 0 Å². The second-order valence-corrected chi connectivity index (χ2v) is 3.08. The molecule has 1 aromatic rings. The predicted octanol–water partition coefficient (Wildman–Crippen LogP) is -0.517. The third kappa shape index (κ3) is 3.39. The summed E-state index contributed by atoms with van der Waals surface area (Å²) in [6, 6.07) is 2.44. The molecular formula is C8H12N2O3S. The van der Waals surface area contributed by atoms with Gasteiger partial charge in [0.15, 0.2) is 0 Å². The quantitative estimate of drug-likeness (QED) is 0.514. The fourth-order valence-corrected chi connectivity index (χ4v) is 1.08. The van der Waals surface area contributed by atoms with E-state index in [2.05, 4.69) is 17.7 Å². The van der Waals surface area contributed by atoms with E-state index in [9.17, 15) is 9.59 Å². The van der Waals surface area contributed by atoms with Gasteiger partial charge in [0, 0.05) is 17.9 Å². The van der Waals surface area contributed by atoms with E-state index < -0.39 is 0 Å². The Balaban J connectivity index is 2.54. The Morgan fingerprint density at radius 3 is 2.86 bits per heavy atom. The fourth-order valence-electron chi connectivity index (χ4n) is 0.951. The van der Waals surface area contributed by atoms with Crippen LogP contribution in [0, 0.1) is 0 Å². The van der Waals surface area contributed by atoms with Gasteiger partial charge in [-0.3, -0.25) is 14.7 Å². The maximum atomic E-state index is 11.2. The first kappa shape index (κ1) is 11.1. The molecule has 5 nitrogen and oxygen atoms in total. The van der Waals surface area contributed by atoms with Crippen LogP contribution >= 0.6 is 12.6 Å². The van der Waals surface area contributed by atoms with Crippen molar-refractivity contribution in [2.75, 3.05) is 19.0 Å². The van der Waals surface area contributed by atoms with Crippen LogP contribution in [-0.2, 0) is 11.3 Å². The van der Waals surface area contributed by atoms with Crippen LogP contribution in [0.3, 0.4) is 0 Å². The molecule has 0 aliphatic heterocycles. The Hall–Kier alpha value is -1.01. The minimum atomic E-state index is -0.293. The van der Waals surface area contributed by atoms with E-state index in [1.165, 1.54) is 16.8 Å². The summed E-state index contributed by atoms with van der Waals surface area (Å²) in [5, 5.41) is 2.40. The van der Waals surface area contributed by atoms with E-state index in [1.54, 1.807) is 0 Å². The average molecular weight is 216 g/mol. The predicted molar refractivity (Wildman–Crippen MR) is 56.0 cm³/mol. The standard InChI is InChI=1S/C8H12N2O3S/c11-7-1-2-8(12)10(9-7)3-4-13-5-6-14/h1-2,14H,3-6H2,(H,9,11). The van der Waals surface area contributed by atoms with Crippen LogP contribution in [0.15, 0.2) is 21.7 Å². The van der Waals surface area contributed by atoms with Gasteiger partial charge in [0.05, 0.1) is 19.8 Å². The van der Waals surface area contributed by atoms with Gasteiger partial charge in [0.2, 0.25) is 0 Å². The van der Waals surface area contributed by atoms with Crippen molar-refractivity contribution >= 4 is 12.6 Å². The van der Waals surface area contributed by atoms with Crippen molar-refractivity contribution < 1.29 is 4.74 Å². The smallest absolute Gasteiger partial charge is 0.265 e. The molecule has 1 aromatic heterocycles. The molecule has 0 amide bonds. The van der Waals surface area contributed by atoms with E-state index in [0.29, 0.717) is 25.5 Å². The molecule has 0 bridgehead atoms. The van der Waals surface area contributed by atoms with E-state index in [-0.39, 0.29) is 11.1 Å². The normalized spacial score (nSPS) is 10.4. The SMILES string of the molecule is O=c1ccc(=O)n(CCOCCS)[nH]1. The summed E-state index contributed by atoms with van der Waals surface area (Å²) in [4.78, 5) is 22.0. The van der Waals surface area contributed by atoms with Gasteiger partial charge >= 0.3 is 0 Å². The molecule has 78 valence electrons. The van der Waals surface area contributed by atoms with E-state index in [4.69, 9.17) is 4.74 Å². The van der Waals surface area contributed by atoms with E-state index in [0.717, 1.165) is 0 Å². The maximum absolute atomic E-state index is 11.2. The molecule has 0 aliphatic carbocycles. The Bertz CT molecular complexity index is 385. The third-order valence-corrected chi connectivity index (χ3v) is 1.77. The van der Waals surface area contributed by atoms with Gasteiger partial charge in [-0.1, -0.05) is 0 Å². The molecule has 0 atom stereocenters. The van der Waals surface area contributed by atoms with Crippen LogP contribution in [0.25, 0.3) is 0 Å². The summed E-state index contributed by atoms with van der Waals surface area (Å²) < 4.78 is 6.35. The zero-order chi connectivity index (χ0) is 10.4. The molecule has 0 fully saturated rings. The van der Waals surface area contributed by atoms with Crippen LogP contribution in [-0.4, -0.2) is 28.7 Å². The number of aromatic nitrogens is 2. The summed E-state index contributed by atoms with van der Waals surface area (Å²) in [5.74, 6) is 0.639. The van der Waals surface area contributed by atoms with Crippen molar-refractivity contribution in [3.05, 3.63) is 32.8 Å². The van der Waals surface area contributed by atoms with E-state index in [1.807, 2.05) is 0 Å². The van der Waals surface area contributed by atoms with Gasteiger partial charge in [0.25, 0.3) is 11.1 Å². The Kier molecular flexibility index (Phi) is 4.48. The molecule has 1 rings (SSSR count). The molecule has 6 heteroatoms. The molecule has 1 N–H and O–H groups in total. The van der Waals surface area contributed by atoms with Crippen LogP contribution in [0.2, 0.25) is 0 Å². The lowest BCUT2D eigenvalue weighted by molar-refractivity contribution is 0.137. The van der Waals surface area contributed by atoms with Crippen molar-refractivity contribution in [3.8, 4) is 0 Å². The molecule has 0 aliphatic rings. The first-order valence-corrected chi connectivity index (χ1v) is 4.86. The summed E-state index contributed by atoms with van der Waals surface area (Å²) in [6.07, 6.45) is 0. The lowest BCUT2D eigenvalue weighted by atomic mass is 10.5. The van der Waals surface area contributed by atoms with Crippen LogP contribution in [0.4, 0.5) is 0 Å². The lowest BCUT2D eigenvalue weighted by Crippen LogP contribution is -2.29. The van der Waals surface area contributed by atoms with Gasteiger partial charge < -0.3 is 4.74 Å². The number of ether oxygens (including phenoxy) is 1. The molecule has 0 saturated heterocycles. The number of nitrogens with one attached hydrogen (secondary N) is 1. The molecule has 1 heterocycles. The minimum Gasteiger partial charge on any atom is -0.379 e. The molecule has 14 heavy (non-hydrogen) atoms. The van der Waals surface area contributed by atoms with Gasteiger partial charge in [-0.25, -0.2) is 4.68 Å². The highest BCUT2D eigenvalue weighted by Gasteiger charge is 1.95. The van der Waals surface area contributed by atoms with Crippen molar-refractivity contribution in [2.45, 2.75) is 6.54 Å². The van der Waals surface area contributed by atoms with Gasteiger partial charge in [-0.05, 0) is 0 Å². The van der Waals surface area contributed by atoms with E-state index >= 15 is 0 Å². The number of thiol groups is 1. The number of H-pyrrole nitrogens is 1. The van der Waals surface area contributed by atoms with Crippen molar-refractivity contribution in [3.63, 3.8) is 0 Å². The first-order chi connectivity index (χ1) is 6.74. The van der Waals surface area contributed by atoms with Crippen LogP contribution < -0.4 is 11.1 Å². The monoisotopic (exact) mass is 216 g/mol. The highest BCUT2D eigenvalue weighted by molar-refractivity contribution is 7.80. The van der Waals surface area contributed by atoms with Crippen LogP contribution in [0.5, 0.6) is 0 Å². The van der Waals surface area contributed by atoms with Gasteiger partial charge in [-0.15, -0.1) is 0 Å². The van der Waals surface area contributed by atoms with Gasteiger partial charge in [0.1, 0.15) is 0 Å². The molecule has 0 radical (unpaired) electrons. The number of hydrogen-bond donors (Lipinski definition) is 2. The maximum Gasteiger partial charge on any atom is 0.265 e. The fraction of sp³-hybridized carbons (Fsp3) is 0.500. The largest absolute Gasteiger partial charge is 0.379 e. The lowest BCUT2D eigenvalue weighted by Gasteiger charge is -2.04. The molecule has 0 spiro atoms. The summed E-state index contributed by atoms with van der Waals surface area (Å²) in [5.41, 5.74) is -0.530. The third-order valence-electron chi connectivity index (χ3n) is 1.58. The Labute approximate surface area is 86.1 Å². The van der Waals surface area contributed by atoms with Crippen molar-refractivity contribution in [2.24, 2.45) is 0 Å².